The van der Waals surface area contributed by atoms with Crippen LogP contribution in [0.2, 0.25) is 5.02 Å². The lowest BCUT2D eigenvalue weighted by atomic mass is 10.2. The van der Waals surface area contributed by atoms with E-state index in [1.165, 1.54) is 6.07 Å². The minimum atomic E-state index is -0.566. The average Bonchev–Trinajstić information content (AvgIpc) is 2.01. The zero-order valence-corrected chi connectivity index (χ0v) is 7.78. The molecule has 11 heavy (non-hydrogen) atoms. The van der Waals surface area contributed by atoms with Gasteiger partial charge in [-0.3, -0.25) is 0 Å². The van der Waals surface area contributed by atoms with Crippen LogP contribution in [0.5, 0.6) is 0 Å². The third kappa shape index (κ3) is 1.72. The Labute approximate surface area is 76.9 Å². The Morgan fingerprint density at radius 1 is 1.55 bits per heavy atom. The Kier molecular flexibility index (Phi) is 2.87. The molecule has 1 aromatic rings. The van der Waals surface area contributed by atoms with Gasteiger partial charge in [-0.25, -0.2) is 4.39 Å². The highest BCUT2D eigenvalue weighted by Gasteiger charge is 2.08. The van der Waals surface area contributed by atoms with Gasteiger partial charge in [-0.15, -0.1) is 0 Å². The zero-order chi connectivity index (χ0) is 8.43. The summed E-state index contributed by atoms with van der Waals surface area (Å²) in [5.74, 6) is -0.566. The van der Waals surface area contributed by atoms with E-state index in [-0.39, 0.29) is 17.2 Å². The fourth-order valence-electron chi connectivity index (χ4n) is 0.688. The highest BCUT2D eigenvalue weighted by molar-refractivity contribution is 9.10. The molecule has 0 saturated carbocycles. The first-order valence-corrected chi connectivity index (χ1v) is 4.07. The van der Waals surface area contributed by atoms with Crippen LogP contribution < -0.4 is 0 Å². The molecule has 0 aliphatic rings. The molecule has 4 heteroatoms. The first-order chi connectivity index (χ1) is 5.16. The van der Waals surface area contributed by atoms with Crippen molar-refractivity contribution in [1.82, 2.24) is 0 Å². The van der Waals surface area contributed by atoms with E-state index in [2.05, 4.69) is 15.9 Å². The van der Waals surface area contributed by atoms with Gasteiger partial charge in [0.05, 0.1) is 11.6 Å². The summed E-state index contributed by atoms with van der Waals surface area (Å²) in [5.41, 5.74) is 0.207. The third-order valence-corrected chi connectivity index (χ3v) is 2.54. The highest BCUT2D eigenvalue weighted by Crippen LogP contribution is 2.27. The SMILES string of the molecule is OCc1ccc(Br)c(Cl)c1F. The van der Waals surface area contributed by atoms with Gasteiger partial charge in [0.2, 0.25) is 0 Å². The van der Waals surface area contributed by atoms with E-state index in [0.717, 1.165) is 0 Å². The maximum absolute atomic E-state index is 12.9. The standard InChI is InChI=1S/C7H5BrClFO/c8-5-2-1-4(3-11)7(10)6(5)9/h1-2,11H,3H2. The van der Waals surface area contributed by atoms with Crippen LogP contribution in [0.25, 0.3) is 0 Å². The molecule has 1 nitrogen and oxygen atoms in total. The van der Waals surface area contributed by atoms with Crippen LogP contribution >= 0.6 is 27.5 Å². The fraction of sp³-hybridized carbons (Fsp3) is 0.143. The number of hydrogen-bond acceptors (Lipinski definition) is 1. The van der Waals surface area contributed by atoms with Crippen molar-refractivity contribution in [3.8, 4) is 0 Å². The van der Waals surface area contributed by atoms with Gasteiger partial charge in [0.15, 0.2) is 0 Å². The van der Waals surface area contributed by atoms with E-state index in [1.807, 2.05) is 0 Å². The first-order valence-electron chi connectivity index (χ1n) is 2.90. The molecule has 0 aliphatic carbocycles. The molecule has 0 amide bonds. The van der Waals surface area contributed by atoms with Gasteiger partial charge in [-0.2, -0.15) is 0 Å². The van der Waals surface area contributed by atoms with Gasteiger partial charge < -0.3 is 5.11 Å². The lowest BCUT2D eigenvalue weighted by Gasteiger charge is -2.01. The molecule has 1 aromatic carbocycles. The predicted molar refractivity (Wildman–Crippen MR) is 45.0 cm³/mol. The van der Waals surface area contributed by atoms with Crippen LogP contribution in [0.4, 0.5) is 4.39 Å². The summed E-state index contributed by atoms with van der Waals surface area (Å²) in [4.78, 5) is 0. The average molecular weight is 239 g/mol. The first kappa shape index (κ1) is 8.97. The lowest BCUT2D eigenvalue weighted by molar-refractivity contribution is 0.275. The second-order valence-electron chi connectivity index (χ2n) is 1.99. The highest BCUT2D eigenvalue weighted by atomic mass is 79.9. The van der Waals surface area contributed by atoms with Crippen molar-refractivity contribution in [3.05, 3.63) is 33.0 Å². The second kappa shape index (κ2) is 3.52. The topological polar surface area (TPSA) is 20.2 Å². The largest absolute Gasteiger partial charge is 0.392 e. The summed E-state index contributed by atoms with van der Waals surface area (Å²) in [5, 5.41) is 8.63. The van der Waals surface area contributed by atoms with Crippen molar-refractivity contribution >= 4 is 27.5 Å². The minimum Gasteiger partial charge on any atom is -0.392 e. The third-order valence-electron chi connectivity index (χ3n) is 1.29. The van der Waals surface area contributed by atoms with Crippen molar-refractivity contribution in [2.75, 3.05) is 0 Å². The van der Waals surface area contributed by atoms with Crippen molar-refractivity contribution in [1.29, 1.82) is 0 Å². The number of aliphatic hydroxyl groups is 1. The van der Waals surface area contributed by atoms with Gasteiger partial charge >= 0.3 is 0 Å². The number of aliphatic hydroxyl groups excluding tert-OH is 1. The molecular weight excluding hydrogens is 234 g/mol. The van der Waals surface area contributed by atoms with E-state index in [4.69, 9.17) is 16.7 Å². The molecule has 0 fully saturated rings. The normalized spacial score (nSPS) is 10.2. The van der Waals surface area contributed by atoms with Crippen molar-refractivity contribution < 1.29 is 9.50 Å². The lowest BCUT2D eigenvalue weighted by Crippen LogP contribution is -1.90. The van der Waals surface area contributed by atoms with Gasteiger partial charge in [0.1, 0.15) is 5.82 Å². The number of rotatable bonds is 1. The van der Waals surface area contributed by atoms with Crippen molar-refractivity contribution in [2.24, 2.45) is 0 Å². The summed E-state index contributed by atoms with van der Waals surface area (Å²) in [6.07, 6.45) is 0. The predicted octanol–water partition coefficient (Wildman–Crippen LogP) is 2.73. The molecule has 1 N–H and O–H groups in total. The monoisotopic (exact) mass is 238 g/mol. The molecule has 0 atom stereocenters. The van der Waals surface area contributed by atoms with E-state index in [0.29, 0.717) is 4.47 Å². The fourth-order valence-corrected chi connectivity index (χ4v) is 1.18. The van der Waals surface area contributed by atoms with E-state index in [9.17, 15) is 4.39 Å². The van der Waals surface area contributed by atoms with E-state index < -0.39 is 5.82 Å². The number of benzene rings is 1. The van der Waals surface area contributed by atoms with Gasteiger partial charge in [-0.05, 0) is 22.0 Å². The Morgan fingerprint density at radius 2 is 2.18 bits per heavy atom. The van der Waals surface area contributed by atoms with Gasteiger partial charge in [0, 0.05) is 10.0 Å². The summed E-state index contributed by atoms with van der Waals surface area (Å²) in [6, 6.07) is 3.07. The molecule has 60 valence electrons. The molecule has 0 heterocycles. The maximum atomic E-state index is 12.9. The van der Waals surface area contributed by atoms with Crippen LogP contribution in [0.3, 0.4) is 0 Å². The summed E-state index contributed by atoms with van der Waals surface area (Å²) in [6.45, 7) is -0.334. The van der Waals surface area contributed by atoms with Crippen LogP contribution in [-0.4, -0.2) is 5.11 Å². The Hall–Kier alpha value is -0.120. The minimum absolute atomic E-state index is 0.0107. The quantitative estimate of drug-likeness (QED) is 0.747. The molecule has 0 aliphatic heterocycles. The van der Waals surface area contributed by atoms with Crippen LogP contribution in [-0.2, 0) is 6.61 Å². The van der Waals surface area contributed by atoms with E-state index >= 15 is 0 Å². The smallest absolute Gasteiger partial charge is 0.148 e. The summed E-state index contributed by atoms with van der Waals surface area (Å²) in [7, 11) is 0. The van der Waals surface area contributed by atoms with Crippen LogP contribution in [0, 0.1) is 5.82 Å². The molecule has 0 bridgehead atoms. The summed E-state index contributed by atoms with van der Waals surface area (Å²) < 4.78 is 13.4. The van der Waals surface area contributed by atoms with E-state index in [1.54, 1.807) is 6.07 Å². The van der Waals surface area contributed by atoms with Crippen LogP contribution in [0.15, 0.2) is 16.6 Å². The van der Waals surface area contributed by atoms with Crippen molar-refractivity contribution in [2.45, 2.75) is 6.61 Å². The van der Waals surface area contributed by atoms with Gasteiger partial charge in [-0.1, -0.05) is 17.7 Å². The maximum Gasteiger partial charge on any atom is 0.148 e. The Morgan fingerprint density at radius 3 is 2.73 bits per heavy atom. The van der Waals surface area contributed by atoms with Crippen LogP contribution in [0.1, 0.15) is 5.56 Å². The van der Waals surface area contributed by atoms with Crippen molar-refractivity contribution in [3.63, 3.8) is 0 Å². The summed E-state index contributed by atoms with van der Waals surface area (Å²) >= 11 is 8.58. The number of hydrogen-bond donors (Lipinski definition) is 1. The van der Waals surface area contributed by atoms with Gasteiger partial charge in [0.25, 0.3) is 0 Å². The Balaban J connectivity index is 3.25. The molecule has 0 radical (unpaired) electrons. The molecule has 0 aromatic heterocycles. The second-order valence-corrected chi connectivity index (χ2v) is 3.22. The Bertz CT molecular complexity index is 277. The molecular formula is C7H5BrClFO. The zero-order valence-electron chi connectivity index (χ0n) is 5.44. The molecule has 0 unspecified atom stereocenters. The molecule has 0 saturated heterocycles. The number of halogens is 3. The molecule has 1 rings (SSSR count). The molecule has 0 spiro atoms.